The van der Waals surface area contributed by atoms with Gasteiger partial charge >= 0.3 is 5.97 Å². The van der Waals surface area contributed by atoms with Gasteiger partial charge in [-0.1, -0.05) is 13.8 Å². The van der Waals surface area contributed by atoms with Crippen LogP contribution in [0.5, 0.6) is 5.75 Å². The third kappa shape index (κ3) is 5.12. The van der Waals surface area contributed by atoms with E-state index in [0.29, 0.717) is 12.6 Å². The number of ether oxygens (including phenoxy) is 2. The minimum atomic E-state index is -1.01. The highest BCUT2D eigenvalue weighted by molar-refractivity contribution is 5.82. The molecule has 1 aliphatic rings. The minimum Gasteiger partial charge on any atom is -0.481 e. The molecule has 25 heavy (non-hydrogen) atoms. The second kappa shape index (κ2) is 8.24. The van der Waals surface area contributed by atoms with E-state index in [9.17, 15) is 18.4 Å². The normalized spacial score (nSPS) is 18.9. The first-order chi connectivity index (χ1) is 11.8. The number of halogens is 2. The maximum Gasteiger partial charge on any atom is 0.306 e. The first-order valence-electron chi connectivity index (χ1n) is 8.01. The molecule has 0 aliphatic carbocycles. The molecule has 1 aliphatic heterocycles. The fourth-order valence-corrected chi connectivity index (χ4v) is 2.60. The van der Waals surface area contributed by atoms with Gasteiger partial charge in [0.15, 0.2) is 17.7 Å². The second-order valence-corrected chi connectivity index (χ2v) is 6.23. The van der Waals surface area contributed by atoms with Gasteiger partial charge in [0, 0.05) is 19.2 Å². The largest absolute Gasteiger partial charge is 0.481 e. The van der Waals surface area contributed by atoms with Gasteiger partial charge in [-0.05, 0) is 18.1 Å². The van der Waals surface area contributed by atoms with E-state index in [2.05, 4.69) is 0 Å². The second-order valence-electron chi connectivity index (χ2n) is 6.23. The summed E-state index contributed by atoms with van der Waals surface area (Å²) in [6.45, 7) is 4.15. The Kier molecular flexibility index (Phi) is 6.30. The summed E-state index contributed by atoms with van der Waals surface area (Å²) in [5.74, 6) is -3.48. The van der Waals surface area contributed by atoms with E-state index in [1.165, 1.54) is 4.90 Å². The molecule has 0 bridgehead atoms. The van der Waals surface area contributed by atoms with Gasteiger partial charge in [0.25, 0.3) is 5.91 Å². The maximum atomic E-state index is 13.8. The van der Waals surface area contributed by atoms with Crippen molar-refractivity contribution in [3.8, 4) is 5.75 Å². The Morgan fingerprint density at radius 2 is 2.12 bits per heavy atom. The van der Waals surface area contributed by atoms with Gasteiger partial charge in [-0.25, -0.2) is 8.78 Å². The highest BCUT2D eigenvalue weighted by Crippen LogP contribution is 2.23. The highest BCUT2D eigenvalue weighted by atomic mass is 19.1. The van der Waals surface area contributed by atoms with Crippen molar-refractivity contribution < 1.29 is 33.0 Å². The van der Waals surface area contributed by atoms with Crippen LogP contribution in [0, 0.1) is 17.6 Å². The molecule has 6 nitrogen and oxygen atoms in total. The molecule has 0 aromatic heterocycles. The van der Waals surface area contributed by atoms with Crippen molar-refractivity contribution in [2.75, 3.05) is 19.7 Å². The molecule has 0 saturated carbocycles. The molecule has 1 fully saturated rings. The third-order valence-electron chi connectivity index (χ3n) is 3.85. The number of rotatable bonds is 6. The van der Waals surface area contributed by atoms with E-state index in [4.69, 9.17) is 14.6 Å². The van der Waals surface area contributed by atoms with E-state index >= 15 is 0 Å². The van der Waals surface area contributed by atoms with Crippen LogP contribution in [-0.4, -0.2) is 53.8 Å². The van der Waals surface area contributed by atoms with Crippen LogP contribution in [-0.2, 0) is 14.3 Å². The van der Waals surface area contributed by atoms with Crippen LogP contribution in [0.15, 0.2) is 18.2 Å². The molecule has 2 rings (SSSR count). The predicted molar refractivity (Wildman–Crippen MR) is 84.2 cm³/mol. The van der Waals surface area contributed by atoms with Gasteiger partial charge in [-0.3, -0.25) is 9.59 Å². The number of amides is 1. The summed E-state index contributed by atoms with van der Waals surface area (Å²) < 4.78 is 37.7. The Hall–Kier alpha value is -2.22. The molecule has 1 heterocycles. The van der Waals surface area contributed by atoms with Gasteiger partial charge in [0.1, 0.15) is 5.82 Å². The number of carbonyl (C=O) groups excluding carboxylic acids is 1. The standard InChI is InChI=1S/C17H21F2NO5/c1-10(2)16(25-14-4-3-11(18)7-13(14)19)17(23)20-5-6-24-12(9-20)8-15(21)22/h3-4,7,10,12,16H,5-6,8-9H2,1-2H3,(H,21,22)/t12-,16-/m0/s1. The molecular formula is C17H21F2NO5. The van der Waals surface area contributed by atoms with Crippen LogP contribution in [0.1, 0.15) is 20.3 Å². The summed E-state index contributed by atoms with van der Waals surface area (Å²) in [6.07, 6.45) is -1.77. The third-order valence-corrected chi connectivity index (χ3v) is 3.85. The number of benzene rings is 1. The summed E-state index contributed by atoms with van der Waals surface area (Å²) in [4.78, 5) is 25.0. The molecule has 1 saturated heterocycles. The summed E-state index contributed by atoms with van der Waals surface area (Å²) in [6, 6.07) is 2.88. The summed E-state index contributed by atoms with van der Waals surface area (Å²) in [5, 5.41) is 8.86. The zero-order chi connectivity index (χ0) is 18.6. The topological polar surface area (TPSA) is 76.1 Å². The maximum absolute atomic E-state index is 13.8. The van der Waals surface area contributed by atoms with E-state index in [0.717, 1.165) is 12.1 Å². The Balaban J connectivity index is 2.10. The van der Waals surface area contributed by atoms with Crippen molar-refractivity contribution in [3.63, 3.8) is 0 Å². The number of carbonyl (C=O) groups is 2. The molecule has 1 amide bonds. The molecule has 2 atom stereocenters. The molecule has 1 aromatic rings. The van der Waals surface area contributed by atoms with Crippen molar-refractivity contribution in [1.82, 2.24) is 4.90 Å². The number of aliphatic carboxylic acids is 1. The minimum absolute atomic E-state index is 0.129. The fraction of sp³-hybridized carbons (Fsp3) is 0.529. The smallest absolute Gasteiger partial charge is 0.306 e. The van der Waals surface area contributed by atoms with Gasteiger partial charge in [-0.15, -0.1) is 0 Å². The first kappa shape index (κ1) is 19.1. The average Bonchev–Trinajstić information content (AvgIpc) is 2.53. The lowest BCUT2D eigenvalue weighted by molar-refractivity contribution is -0.153. The van der Waals surface area contributed by atoms with Crippen molar-refractivity contribution in [1.29, 1.82) is 0 Å². The van der Waals surface area contributed by atoms with Crippen LogP contribution in [0.2, 0.25) is 0 Å². The van der Waals surface area contributed by atoms with Crippen LogP contribution >= 0.6 is 0 Å². The highest BCUT2D eigenvalue weighted by Gasteiger charge is 2.33. The lowest BCUT2D eigenvalue weighted by atomic mass is 10.0. The quantitative estimate of drug-likeness (QED) is 0.844. The van der Waals surface area contributed by atoms with Gasteiger partial charge < -0.3 is 19.5 Å². The van der Waals surface area contributed by atoms with Crippen molar-refractivity contribution >= 4 is 11.9 Å². The SMILES string of the molecule is CC(C)[C@H](Oc1ccc(F)cc1F)C(=O)N1CCO[C@@H](CC(=O)O)C1. The van der Waals surface area contributed by atoms with Gasteiger partial charge in [-0.2, -0.15) is 0 Å². The van der Waals surface area contributed by atoms with Crippen LogP contribution in [0.3, 0.4) is 0 Å². The summed E-state index contributed by atoms with van der Waals surface area (Å²) in [7, 11) is 0. The number of hydrogen-bond donors (Lipinski definition) is 1. The van der Waals surface area contributed by atoms with Crippen LogP contribution < -0.4 is 4.74 Å². The lowest BCUT2D eigenvalue weighted by Crippen LogP contribution is -2.52. The summed E-state index contributed by atoms with van der Waals surface area (Å²) >= 11 is 0. The van der Waals surface area contributed by atoms with Crippen LogP contribution in [0.4, 0.5) is 8.78 Å². The Morgan fingerprint density at radius 1 is 1.40 bits per heavy atom. The van der Waals surface area contributed by atoms with Crippen molar-refractivity contribution in [2.24, 2.45) is 5.92 Å². The molecule has 1 N–H and O–H groups in total. The van der Waals surface area contributed by atoms with Crippen molar-refractivity contribution in [3.05, 3.63) is 29.8 Å². The van der Waals surface area contributed by atoms with Gasteiger partial charge in [0.2, 0.25) is 0 Å². The Bertz CT molecular complexity index is 637. The predicted octanol–water partition coefficient (Wildman–Crippen LogP) is 2.07. The average molecular weight is 357 g/mol. The zero-order valence-corrected chi connectivity index (χ0v) is 14.1. The molecule has 138 valence electrons. The number of hydrogen-bond acceptors (Lipinski definition) is 4. The zero-order valence-electron chi connectivity index (χ0n) is 14.1. The molecule has 8 heteroatoms. The van der Waals surface area contributed by atoms with E-state index < -0.39 is 29.8 Å². The molecule has 0 radical (unpaired) electrons. The van der Waals surface area contributed by atoms with Crippen LogP contribution in [0.25, 0.3) is 0 Å². The number of carboxylic acid groups (broad SMARTS) is 1. The summed E-state index contributed by atoms with van der Waals surface area (Å²) in [5.41, 5.74) is 0. The fourth-order valence-electron chi connectivity index (χ4n) is 2.60. The number of nitrogens with zero attached hydrogens (tertiary/aromatic N) is 1. The Labute approximate surface area is 144 Å². The molecular weight excluding hydrogens is 336 g/mol. The van der Waals surface area contributed by atoms with E-state index in [-0.39, 0.29) is 37.1 Å². The monoisotopic (exact) mass is 357 g/mol. The van der Waals surface area contributed by atoms with E-state index in [1.54, 1.807) is 13.8 Å². The molecule has 0 spiro atoms. The number of morpholine rings is 1. The molecule has 1 aromatic carbocycles. The number of carboxylic acids is 1. The Morgan fingerprint density at radius 3 is 2.72 bits per heavy atom. The first-order valence-corrected chi connectivity index (χ1v) is 8.01. The van der Waals surface area contributed by atoms with E-state index in [1.807, 2.05) is 0 Å². The van der Waals surface area contributed by atoms with Gasteiger partial charge in [0.05, 0.1) is 19.1 Å². The lowest BCUT2D eigenvalue weighted by Gasteiger charge is -2.35. The molecule has 0 unspecified atom stereocenters. The van der Waals surface area contributed by atoms with Crippen molar-refractivity contribution in [2.45, 2.75) is 32.5 Å².